The lowest BCUT2D eigenvalue weighted by atomic mass is 9.78. The monoisotopic (exact) mass is 317 g/mol. The van der Waals surface area contributed by atoms with Crippen LogP contribution in [0.5, 0.6) is 0 Å². The van der Waals surface area contributed by atoms with Crippen molar-refractivity contribution in [3.05, 3.63) is 0 Å². The Bertz CT molecular complexity index is 321. The summed E-state index contributed by atoms with van der Waals surface area (Å²) in [6.45, 7) is 8.78. The van der Waals surface area contributed by atoms with Gasteiger partial charge in [-0.2, -0.15) is 0 Å². The van der Waals surface area contributed by atoms with Crippen molar-refractivity contribution in [2.24, 2.45) is 17.6 Å². The molecule has 2 fully saturated rings. The summed E-state index contributed by atoms with van der Waals surface area (Å²) in [4.78, 5) is 16.8. The van der Waals surface area contributed by atoms with E-state index in [0.717, 1.165) is 44.9 Å². The molecular formula is C16H32ClN3O. The van der Waals surface area contributed by atoms with Crippen molar-refractivity contribution in [3.63, 3.8) is 0 Å². The Balaban J connectivity index is 0.00000220. The van der Waals surface area contributed by atoms with Gasteiger partial charge in [0.2, 0.25) is 5.91 Å². The summed E-state index contributed by atoms with van der Waals surface area (Å²) >= 11 is 0. The molecule has 0 bridgehead atoms. The van der Waals surface area contributed by atoms with Crippen LogP contribution in [0.15, 0.2) is 0 Å². The van der Waals surface area contributed by atoms with Crippen LogP contribution in [-0.4, -0.2) is 54.5 Å². The zero-order chi connectivity index (χ0) is 14.5. The number of hydrogen-bond donors (Lipinski definition) is 1. The average Bonchev–Trinajstić information content (AvgIpc) is 2.82. The largest absolute Gasteiger partial charge is 0.342 e. The molecule has 2 aliphatic rings. The van der Waals surface area contributed by atoms with Crippen LogP contribution in [0.2, 0.25) is 0 Å². The summed E-state index contributed by atoms with van der Waals surface area (Å²) in [6.07, 6.45) is 5.82. The van der Waals surface area contributed by atoms with Gasteiger partial charge in [-0.05, 0) is 37.5 Å². The summed E-state index contributed by atoms with van der Waals surface area (Å²) in [5.41, 5.74) is 6.25. The predicted octanol–water partition coefficient (Wildman–Crippen LogP) is 2.12. The molecule has 0 aromatic heterocycles. The Hall–Kier alpha value is -0.320. The van der Waals surface area contributed by atoms with E-state index in [0.29, 0.717) is 24.4 Å². The maximum atomic E-state index is 12.4. The zero-order valence-electron chi connectivity index (χ0n) is 13.6. The van der Waals surface area contributed by atoms with Crippen molar-refractivity contribution >= 4 is 18.3 Å². The van der Waals surface area contributed by atoms with Gasteiger partial charge in [0, 0.05) is 32.2 Å². The van der Waals surface area contributed by atoms with E-state index in [1.54, 1.807) is 0 Å². The number of nitrogens with zero attached hydrogens (tertiary/aromatic N) is 2. The molecule has 2 N–H and O–H groups in total. The summed E-state index contributed by atoms with van der Waals surface area (Å²) in [6, 6.07) is 0.358. The predicted molar refractivity (Wildman–Crippen MR) is 89.7 cm³/mol. The van der Waals surface area contributed by atoms with Gasteiger partial charge in [0.15, 0.2) is 0 Å². The second-order valence-corrected chi connectivity index (χ2v) is 6.59. The number of likely N-dealkylation sites (tertiary alicyclic amines) is 1. The first-order valence-electron chi connectivity index (χ1n) is 8.41. The fourth-order valence-corrected chi connectivity index (χ4v) is 3.93. The lowest BCUT2D eigenvalue weighted by Gasteiger charge is -2.29. The van der Waals surface area contributed by atoms with Gasteiger partial charge in [-0.15, -0.1) is 12.4 Å². The number of halogens is 1. The van der Waals surface area contributed by atoms with Gasteiger partial charge in [-0.25, -0.2) is 0 Å². The highest BCUT2D eigenvalue weighted by Crippen LogP contribution is 2.35. The molecule has 3 unspecified atom stereocenters. The van der Waals surface area contributed by atoms with Crippen LogP contribution in [-0.2, 0) is 4.79 Å². The van der Waals surface area contributed by atoms with Crippen molar-refractivity contribution in [2.75, 3.05) is 32.7 Å². The third-order valence-corrected chi connectivity index (χ3v) is 4.93. The SMILES string of the molecule is CCCN(CCC)C(=O)CN1CC2CCCC(N)C2C1.Cl. The average molecular weight is 318 g/mol. The maximum absolute atomic E-state index is 12.4. The van der Waals surface area contributed by atoms with Gasteiger partial charge in [0.25, 0.3) is 0 Å². The molecule has 1 heterocycles. The van der Waals surface area contributed by atoms with E-state index in [-0.39, 0.29) is 12.4 Å². The first-order valence-corrected chi connectivity index (χ1v) is 8.41. The topological polar surface area (TPSA) is 49.6 Å². The summed E-state index contributed by atoms with van der Waals surface area (Å²) in [5.74, 6) is 1.67. The normalized spacial score (nSPS) is 28.8. The highest BCUT2D eigenvalue weighted by atomic mass is 35.5. The van der Waals surface area contributed by atoms with Crippen LogP contribution < -0.4 is 5.73 Å². The number of carbonyl (C=O) groups excluding carboxylic acids is 1. The Morgan fingerprint density at radius 2 is 1.86 bits per heavy atom. The molecule has 1 saturated heterocycles. The van der Waals surface area contributed by atoms with Crippen molar-refractivity contribution in [3.8, 4) is 0 Å². The zero-order valence-corrected chi connectivity index (χ0v) is 14.4. The van der Waals surface area contributed by atoms with Crippen LogP contribution in [0, 0.1) is 11.8 Å². The van der Waals surface area contributed by atoms with Crippen molar-refractivity contribution < 1.29 is 4.79 Å². The standard InChI is InChI=1S/C16H31N3O.ClH/c1-3-8-19(9-4-2)16(20)12-18-10-13-6-5-7-15(17)14(13)11-18;/h13-15H,3-12,17H2,1-2H3;1H. The highest BCUT2D eigenvalue weighted by Gasteiger charge is 2.39. The molecule has 0 spiro atoms. The van der Waals surface area contributed by atoms with Gasteiger partial charge < -0.3 is 10.6 Å². The molecule has 0 aromatic rings. The van der Waals surface area contributed by atoms with Gasteiger partial charge in [0.1, 0.15) is 0 Å². The molecule has 5 heteroatoms. The van der Waals surface area contributed by atoms with Gasteiger partial charge >= 0.3 is 0 Å². The second kappa shape index (κ2) is 8.96. The molecule has 1 aliphatic carbocycles. The van der Waals surface area contributed by atoms with E-state index >= 15 is 0 Å². The summed E-state index contributed by atoms with van der Waals surface area (Å²) < 4.78 is 0. The molecule has 1 amide bonds. The molecule has 21 heavy (non-hydrogen) atoms. The molecular weight excluding hydrogens is 286 g/mol. The number of amides is 1. The summed E-state index contributed by atoms with van der Waals surface area (Å²) in [7, 11) is 0. The lowest BCUT2D eigenvalue weighted by Crippen LogP contribution is -2.41. The Morgan fingerprint density at radius 1 is 1.19 bits per heavy atom. The Morgan fingerprint density at radius 3 is 2.43 bits per heavy atom. The van der Waals surface area contributed by atoms with Crippen LogP contribution in [0.1, 0.15) is 46.0 Å². The Kier molecular flexibility index (Phi) is 7.99. The fourth-order valence-electron chi connectivity index (χ4n) is 3.93. The molecule has 0 aromatic carbocycles. The van der Waals surface area contributed by atoms with Gasteiger partial charge in [-0.1, -0.05) is 20.3 Å². The number of carbonyl (C=O) groups is 1. The number of fused-ring (bicyclic) bond motifs is 1. The third kappa shape index (κ3) is 4.83. The minimum absolute atomic E-state index is 0. The molecule has 1 saturated carbocycles. The first kappa shape index (κ1) is 18.7. The van der Waals surface area contributed by atoms with E-state index in [1.165, 1.54) is 19.3 Å². The minimum atomic E-state index is 0. The van der Waals surface area contributed by atoms with Crippen molar-refractivity contribution in [1.29, 1.82) is 0 Å². The highest BCUT2D eigenvalue weighted by molar-refractivity contribution is 5.85. The molecule has 4 nitrogen and oxygen atoms in total. The van der Waals surface area contributed by atoms with Gasteiger partial charge in [0.05, 0.1) is 6.54 Å². The minimum Gasteiger partial charge on any atom is -0.342 e. The van der Waals surface area contributed by atoms with Crippen LogP contribution in [0.25, 0.3) is 0 Å². The van der Waals surface area contributed by atoms with E-state index in [9.17, 15) is 4.79 Å². The van der Waals surface area contributed by atoms with Crippen molar-refractivity contribution in [1.82, 2.24) is 9.80 Å². The fraction of sp³-hybridized carbons (Fsp3) is 0.938. The van der Waals surface area contributed by atoms with Crippen LogP contribution in [0.4, 0.5) is 0 Å². The Labute approximate surface area is 135 Å². The third-order valence-electron chi connectivity index (χ3n) is 4.93. The van der Waals surface area contributed by atoms with Crippen LogP contribution >= 0.6 is 12.4 Å². The number of rotatable bonds is 6. The van der Waals surface area contributed by atoms with Crippen LogP contribution in [0.3, 0.4) is 0 Å². The maximum Gasteiger partial charge on any atom is 0.236 e. The van der Waals surface area contributed by atoms with E-state index in [4.69, 9.17) is 5.73 Å². The summed E-state index contributed by atoms with van der Waals surface area (Å²) in [5, 5.41) is 0. The smallest absolute Gasteiger partial charge is 0.236 e. The first-order chi connectivity index (χ1) is 9.65. The lowest BCUT2D eigenvalue weighted by molar-refractivity contribution is -0.132. The van der Waals surface area contributed by atoms with Crippen molar-refractivity contribution in [2.45, 2.75) is 52.0 Å². The number of nitrogens with two attached hydrogens (primary N) is 1. The van der Waals surface area contributed by atoms with E-state index in [1.807, 2.05) is 4.90 Å². The molecule has 0 radical (unpaired) electrons. The molecule has 3 atom stereocenters. The molecule has 2 rings (SSSR count). The second-order valence-electron chi connectivity index (χ2n) is 6.59. The number of hydrogen-bond acceptors (Lipinski definition) is 3. The molecule has 124 valence electrons. The molecule has 1 aliphatic heterocycles. The van der Waals surface area contributed by atoms with Gasteiger partial charge in [-0.3, -0.25) is 9.69 Å². The van der Waals surface area contributed by atoms with E-state index in [2.05, 4.69) is 18.7 Å². The van der Waals surface area contributed by atoms with E-state index < -0.39 is 0 Å². The quantitative estimate of drug-likeness (QED) is 0.816.